The molecule has 0 aromatic rings. The van der Waals surface area contributed by atoms with E-state index in [4.69, 9.17) is 16.4 Å². The minimum Gasteiger partial charge on any atom is -0.272 e. The summed E-state index contributed by atoms with van der Waals surface area (Å²) < 4.78 is 0. The van der Waals surface area contributed by atoms with E-state index in [1.54, 1.807) is 11.1 Å². The topological polar surface area (TPSA) is 24.8 Å². The molecule has 1 heterocycles. The number of hydrogen-bond donors (Lipinski definition) is 0. The largest absolute Gasteiger partial charge is 0.272 e. The van der Waals surface area contributed by atoms with Crippen LogP contribution in [0.3, 0.4) is 0 Å². The van der Waals surface area contributed by atoms with Gasteiger partial charge in [-0.2, -0.15) is 0 Å². The van der Waals surface area contributed by atoms with Crippen LogP contribution in [0.5, 0.6) is 0 Å². The first kappa shape index (κ1) is 9.55. The molecule has 0 aromatic heterocycles. The predicted octanol–water partition coefficient (Wildman–Crippen LogP) is 1.79. The normalized spacial score (nSPS) is 22.7. The molecule has 0 bridgehead atoms. The van der Waals surface area contributed by atoms with Gasteiger partial charge in [-0.05, 0) is 6.92 Å². The van der Waals surface area contributed by atoms with Crippen LogP contribution < -0.4 is 0 Å². The van der Waals surface area contributed by atoms with Crippen LogP contribution in [0.15, 0.2) is 17.6 Å². The summed E-state index contributed by atoms with van der Waals surface area (Å²) in [5.74, 6) is 0.867. The van der Waals surface area contributed by atoms with Crippen LogP contribution in [0, 0.1) is 0 Å². The Morgan fingerprint density at radius 3 is 3.25 bits per heavy atom. The maximum atomic E-state index is 5.83. The van der Waals surface area contributed by atoms with Gasteiger partial charge in [-0.3, -0.25) is 4.84 Å². The van der Waals surface area contributed by atoms with Crippen molar-refractivity contribution in [1.82, 2.24) is 5.06 Å². The summed E-state index contributed by atoms with van der Waals surface area (Å²) in [6.07, 6.45) is 2.50. The lowest BCUT2D eigenvalue weighted by Crippen LogP contribution is -2.28. The van der Waals surface area contributed by atoms with Gasteiger partial charge in [0.1, 0.15) is 11.3 Å². The van der Waals surface area contributed by atoms with Gasteiger partial charge in [0.15, 0.2) is 0 Å². The molecule has 1 unspecified atom stereocenters. The van der Waals surface area contributed by atoms with E-state index in [2.05, 4.69) is 11.6 Å². The average Bonchev–Trinajstić information content (AvgIpc) is 2.33. The fourth-order valence-corrected chi connectivity index (χ4v) is 1.31. The van der Waals surface area contributed by atoms with Crippen LogP contribution in [0.2, 0.25) is 0 Å². The van der Waals surface area contributed by atoms with Crippen molar-refractivity contribution in [3.8, 4) is 0 Å². The van der Waals surface area contributed by atoms with Crippen molar-refractivity contribution in [2.75, 3.05) is 13.2 Å². The van der Waals surface area contributed by atoms with Crippen molar-refractivity contribution in [2.45, 2.75) is 18.8 Å². The van der Waals surface area contributed by atoms with Gasteiger partial charge >= 0.3 is 0 Å². The van der Waals surface area contributed by atoms with E-state index in [-0.39, 0.29) is 5.50 Å². The molecular formula is C8H13ClN2O. The van der Waals surface area contributed by atoms with Crippen molar-refractivity contribution < 1.29 is 4.84 Å². The summed E-state index contributed by atoms with van der Waals surface area (Å²) in [7, 11) is 0. The number of halogens is 1. The summed E-state index contributed by atoms with van der Waals surface area (Å²) in [6, 6.07) is 0. The van der Waals surface area contributed by atoms with Crippen LogP contribution in [-0.4, -0.2) is 29.6 Å². The van der Waals surface area contributed by atoms with Gasteiger partial charge in [-0.1, -0.05) is 17.7 Å². The van der Waals surface area contributed by atoms with Crippen molar-refractivity contribution in [2.24, 2.45) is 4.99 Å². The molecule has 0 amide bonds. The van der Waals surface area contributed by atoms with Gasteiger partial charge in [0.2, 0.25) is 0 Å². The van der Waals surface area contributed by atoms with Gasteiger partial charge in [0, 0.05) is 6.42 Å². The Morgan fingerprint density at radius 1 is 1.92 bits per heavy atom. The third kappa shape index (κ3) is 2.22. The smallest absolute Gasteiger partial charge is 0.145 e. The number of alkyl halides is 1. The molecule has 0 N–H and O–H groups in total. The molecule has 0 saturated carbocycles. The first-order valence-corrected chi connectivity index (χ1v) is 4.43. The number of aliphatic imine (C=N–C) groups is 1. The highest BCUT2D eigenvalue weighted by atomic mass is 35.5. The van der Waals surface area contributed by atoms with E-state index in [9.17, 15) is 0 Å². The number of rotatable bonds is 4. The molecule has 0 saturated heterocycles. The summed E-state index contributed by atoms with van der Waals surface area (Å²) >= 11 is 5.83. The second kappa shape index (κ2) is 4.48. The number of hydrogen-bond acceptors (Lipinski definition) is 3. The van der Waals surface area contributed by atoms with Crippen LogP contribution >= 0.6 is 11.6 Å². The van der Waals surface area contributed by atoms with E-state index in [1.165, 1.54) is 0 Å². The molecule has 0 aliphatic carbocycles. The van der Waals surface area contributed by atoms with E-state index < -0.39 is 0 Å². The zero-order chi connectivity index (χ0) is 8.97. The number of nitrogens with zero attached hydrogens (tertiary/aromatic N) is 2. The van der Waals surface area contributed by atoms with E-state index >= 15 is 0 Å². The summed E-state index contributed by atoms with van der Waals surface area (Å²) in [5, 5.41) is 1.74. The quantitative estimate of drug-likeness (QED) is 0.382. The Kier molecular flexibility index (Phi) is 3.56. The van der Waals surface area contributed by atoms with E-state index in [0.29, 0.717) is 19.6 Å². The molecule has 0 radical (unpaired) electrons. The highest BCUT2D eigenvalue weighted by molar-refractivity contribution is 6.21. The Bertz CT molecular complexity index is 193. The first-order chi connectivity index (χ1) is 5.77. The zero-order valence-corrected chi connectivity index (χ0v) is 7.92. The average molecular weight is 189 g/mol. The zero-order valence-electron chi connectivity index (χ0n) is 7.16. The third-order valence-electron chi connectivity index (χ3n) is 1.51. The molecule has 68 valence electrons. The SMILES string of the molecule is C=CCC1=NC(Cl)CN1OCC. The summed E-state index contributed by atoms with van der Waals surface area (Å²) in [6.45, 7) is 6.85. The molecule has 4 heteroatoms. The minimum absolute atomic E-state index is 0.175. The van der Waals surface area contributed by atoms with Gasteiger partial charge in [0.25, 0.3) is 0 Å². The Morgan fingerprint density at radius 2 is 2.67 bits per heavy atom. The molecule has 0 fully saturated rings. The second-order valence-electron chi connectivity index (χ2n) is 2.45. The summed E-state index contributed by atoms with van der Waals surface area (Å²) in [5.41, 5.74) is -0.175. The van der Waals surface area contributed by atoms with E-state index in [0.717, 1.165) is 5.84 Å². The lowest BCUT2D eigenvalue weighted by atomic mass is 10.4. The van der Waals surface area contributed by atoms with Gasteiger partial charge in [-0.15, -0.1) is 6.58 Å². The number of hydroxylamine groups is 2. The lowest BCUT2D eigenvalue weighted by molar-refractivity contribution is -0.0871. The predicted molar refractivity (Wildman–Crippen MR) is 50.2 cm³/mol. The van der Waals surface area contributed by atoms with Crippen LogP contribution in [0.25, 0.3) is 0 Å². The molecule has 0 aromatic carbocycles. The standard InChI is InChI=1S/C8H13ClN2O/c1-3-5-8-10-7(9)6-11(8)12-4-2/h3,7H,1,4-6H2,2H3. The third-order valence-corrected chi connectivity index (χ3v) is 1.74. The molecule has 1 aliphatic heterocycles. The van der Waals surface area contributed by atoms with Crippen molar-refractivity contribution in [1.29, 1.82) is 0 Å². The molecule has 1 rings (SSSR count). The van der Waals surface area contributed by atoms with Crippen LogP contribution in [0.4, 0.5) is 0 Å². The second-order valence-corrected chi connectivity index (χ2v) is 2.96. The van der Waals surface area contributed by atoms with Crippen molar-refractivity contribution in [3.63, 3.8) is 0 Å². The maximum Gasteiger partial charge on any atom is 0.145 e. The molecule has 3 nitrogen and oxygen atoms in total. The molecule has 1 atom stereocenters. The lowest BCUT2D eigenvalue weighted by Gasteiger charge is -2.17. The fraction of sp³-hybridized carbons (Fsp3) is 0.625. The summed E-state index contributed by atoms with van der Waals surface area (Å²) in [4.78, 5) is 9.50. The highest BCUT2D eigenvalue weighted by Gasteiger charge is 2.22. The Balaban J connectivity index is 2.52. The molecular weight excluding hydrogens is 176 g/mol. The Hall–Kier alpha value is -0.540. The minimum atomic E-state index is -0.175. The fourth-order valence-electron chi connectivity index (χ4n) is 1.08. The van der Waals surface area contributed by atoms with Gasteiger partial charge in [0.05, 0.1) is 13.2 Å². The number of amidine groups is 1. The molecule has 1 aliphatic rings. The van der Waals surface area contributed by atoms with Crippen LogP contribution in [-0.2, 0) is 4.84 Å². The highest BCUT2D eigenvalue weighted by Crippen LogP contribution is 2.14. The maximum absolute atomic E-state index is 5.83. The van der Waals surface area contributed by atoms with Crippen molar-refractivity contribution >= 4 is 17.4 Å². The molecule has 12 heavy (non-hydrogen) atoms. The Labute approximate surface area is 77.6 Å². The van der Waals surface area contributed by atoms with Crippen LogP contribution in [0.1, 0.15) is 13.3 Å². The van der Waals surface area contributed by atoms with E-state index in [1.807, 2.05) is 6.92 Å². The van der Waals surface area contributed by atoms with Gasteiger partial charge in [-0.25, -0.2) is 10.1 Å². The van der Waals surface area contributed by atoms with Gasteiger partial charge < -0.3 is 0 Å². The van der Waals surface area contributed by atoms with Crippen molar-refractivity contribution in [3.05, 3.63) is 12.7 Å². The molecule has 0 spiro atoms. The first-order valence-electron chi connectivity index (χ1n) is 4.00. The monoisotopic (exact) mass is 188 g/mol.